The first-order valence-corrected chi connectivity index (χ1v) is 3.69. The lowest BCUT2D eigenvalue weighted by atomic mass is 10.5. The zero-order valence-corrected chi connectivity index (χ0v) is 6.99. The molecule has 0 aliphatic carbocycles. The molecule has 4 heteroatoms. The van der Waals surface area contributed by atoms with Crippen LogP contribution in [-0.4, -0.2) is 17.7 Å². The van der Waals surface area contributed by atoms with Crippen LogP contribution < -0.4 is 5.32 Å². The van der Waals surface area contributed by atoms with Gasteiger partial charge in [-0.2, -0.15) is 0 Å². The molecule has 67 valence electrons. The van der Waals surface area contributed by atoms with E-state index in [9.17, 15) is 4.79 Å². The number of carbonyl (C=O) groups is 1. The molecule has 1 amide bonds. The number of nitrogens with one attached hydrogen (secondary N) is 1. The summed E-state index contributed by atoms with van der Waals surface area (Å²) in [5, 5.41) is 2.43. The molecule has 13 heavy (non-hydrogen) atoms. The van der Waals surface area contributed by atoms with Crippen LogP contribution in [0.25, 0.3) is 0 Å². The zero-order valence-electron chi connectivity index (χ0n) is 6.99. The zero-order chi connectivity index (χ0) is 9.52. The van der Waals surface area contributed by atoms with Gasteiger partial charge in [0.2, 0.25) is 0 Å². The molecule has 0 fully saturated rings. The number of aromatic nitrogens is 1. The highest BCUT2D eigenvalue weighted by Gasteiger charge is 2.00. The first-order valence-electron chi connectivity index (χ1n) is 3.69. The lowest BCUT2D eigenvalue weighted by molar-refractivity contribution is 0.174. The lowest BCUT2D eigenvalue weighted by Crippen LogP contribution is -2.14. The minimum absolute atomic E-state index is 0.183. The Morgan fingerprint density at radius 2 is 2.69 bits per heavy atom. The van der Waals surface area contributed by atoms with Crippen LogP contribution >= 0.6 is 0 Å². The molecule has 0 spiro atoms. The number of carbonyl (C=O) groups excluding carboxylic acids is 1. The van der Waals surface area contributed by atoms with Gasteiger partial charge in [-0.3, -0.25) is 5.32 Å². The molecule has 1 aromatic rings. The molecule has 1 heterocycles. The van der Waals surface area contributed by atoms with E-state index in [0.29, 0.717) is 5.82 Å². The van der Waals surface area contributed by atoms with Crippen LogP contribution in [-0.2, 0) is 4.74 Å². The molecule has 0 atom stereocenters. The number of hydrogen-bond acceptors (Lipinski definition) is 3. The van der Waals surface area contributed by atoms with E-state index in [0.717, 1.165) is 0 Å². The van der Waals surface area contributed by atoms with Crippen LogP contribution in [0.3, 0.4) is 0 Å². The van der Waals surface area contributed by atoms with E-state index in [4.69, 9.17) is 0 Å². The topological polar surface area (TPSA) is 51.2 Å². The van der Waals surface area contributed by atoms with Gasteiger partial charge in [0.25, 0.3) is 0 Å². The van der Waals surface area contributed by atoms with Gasteiger partial charge in [0.1, 0.15) is 12.4 Å². The minimum Gasteiger partial charge on any atom is -0.445 e. The van der Waals surface area contributed by atoms with Gasteiger partial charge >= 0.3 is 6.09 Å². The van der Waals surface area contributed by atoms with Crippen molar-refractivity contribution in [3.8, 4) is 0 Å². The summed E-state index contributed by atoms with van der Waals surface area (Å²) in [5.74, 6) is 0.413. The van der Waals surface area contributed by atoms with E-state index in [1.165, 1.54) is 12.3 Å². The van der Waals surface area contributed by atoms with E-state index in [-0.39, 0.29) is 6.61 Å². The fourth-order valence-corrected chi connectivity index (χ4v) is 0.669. The molecule has 0 saturated heterocycles. The maximum Gasteiger partial charge on any atom is 0.413 e. The Labute approximate surface area is 76.2 Å². The molecule has 0 aliphatic heterocycles. The van der Waals surface area contributed by atoms with Crippen LogP contribution in [0.1, 0.15) is 0 Å². The van der Waals surface area contributed by atoms with Crippen molar-refractivity contribution in [2.75, 3.05) is 11.9 Å². The van der Waals surface area contributed by atoms with Gasteiger partial charge in [0.05, 0.1) is 0 Å². The van der Waals surface area contributed by atoms with Crippen LogP contribution in [0, 0.1) is 6.07 Å². The van der Waals surface area contributed by atoms with Crippen molar-refractivity contribution in [2.24, 2.45) is 0 Å². The highest BCUT2D eigenvalue weighted by Crippen LogP contribution is 1.99. The minimum atomic E-state index is -0.549. The van der Waals surface area contributed by atoms with Crippen LogP contribution in [0.2, 0.25) is 0 Å². The summed E-state index contributed by atoms with van der Waals surface area (Å²) in [5.41, 5.74) is 0. The van der Waals surface area contributed by atoms with Crippen LogP contribution in [0.4, 0.5) is 10.6 Å². The van der Waals surface area contributed by atoms with Crippen molar-refractivity contribution < 1.29 is 9.53 Å². The normalized spacial score (nSPS) is 8.92. The summed E-state index contributed by atoms with van der Waals surface area (Å²) in [4.78, 5) is 14.8. The number of amides is 1. The SMILES string of the molecule is C=CCOC(=O)Nc1c[c]ccn1. The summed E-state index contributed by atoms with van der Waals surface area (Å²) in [7, 11) is 0. The third kappa shape index (κ3) is 3.37. The molecule has 1 N–H and O–H groups in total. The van der Waals surface area contributed by atoms with Crippen LogP contribution in [0.15, 0.2) is 31.0 Å². The highest BCUT2D eigenvalue weighted by atomic mass is 16.5. The monoisotopic (exact) mass is 177 g/mol. The fraction of sp³-hybridized carbons (Fsp3) is 0.111. The molecule has 0 aromatic carbocycles. The van der Waals surface area contributed by atoms with Gasteiger partial charge in [0, 0.05) is 6.20 Å². The molecule has 0 saturated carbocycles. The predicted octanol–water partition coefficient (Wildman–Crippen LogP) is 1.62. The smallest absolute Gasteiger partial charge is 0.413 e. The van der Waals surface area contributed by atoms with Crippen molar-refractivity contribution >= 4 is 11.9 Å². The van der Waals surface area contributed by atoms with Crippen molar-refractivity contribution in [3.63, 3.8) is 0 Å². The number of ether oxygens (including phenoxy) is 1. The summed E-state index contributed by atoms with van der Waals surface area (Å²) in [6, 6.07) is 5.96. The van der Waals surface area contributed by atoms with Crippen LogP contribution in [0.5, 0.6) is 0 Å². The Hall–Kier alpha value is -1.84. The summed E-state index contributed by atoms with van der Waals surface area (Å²) < 4.78 is 4.67. The highest BCUT2D eigenvalue weighted by molar-refractivity contribution is 5.83. The van der Waals surface area contributed by atoms with Gasteiger partial charge in [-0.1, -0.05) is 12.7 Å². The molecule has 0 bridgehead atoms. The maximum absolute atomic E-state index is 10.9. The fourth-order valence-electron chi connectivity index (χ4n) is 0.669. The van der Waals surface area contributed by atoms with Gasteiger partial charge in [0.15, 0.2) is 0 Å². The second-order valence-electron chi connectivity index (χ2n) is 2.15. The number of anilines is 1. The van der Waals surface area contributed by atoms with Gasteiger partial charge in [-0.15, -0.1) is 0 Å². The largest absolute Gasteiger partial charge is 0.445 e. The number of hydrogen-bond donors (Lipinski definition) is 1. The Morgan fingerprint density at radius 3 is 3.31 bits per heavy atom. The summed E-state index contributed by atoms with van der Waals surface area (Å²) in [6.45, 7) is 3.60. The predicted molar refractivity (Wildman–Crippen MR) is 48.2 cm³/mol. The molecular weight excluding hydrogens is 168 g/mol. The molecule has 1 aromatic heterocycles. The molecule has 1 rings (SSSR count). The van der Waals surface area contributed by atoms with Gasteiger partial charge < -0.3 is 4.74 Å². The third-order valence-corrected chi connectivity index (χ3v) is 1.17. The molecule has 4 nitrogen and oxygen atoms in total. The number of nitrogens with zero attached hydrogens (tertiary/aromatic N) is 1. The molecular formula is C9H9N2O2. The lowest BCUT2D eigenvalue weighted by Gasteiger charge is -2.02. The Kier molecular flexibility index (Phi) is 3.50. The molecule has 0 unspecified atom stereocenters. The van der Waals surface area contributed by atoms with Crippen molar-refractivity contribution in [2.45, 2.75) is 0 Å². The van der Waals surface area contributed by atoms with Crippen molar-refractivity contribution in [3.05, 3.63) is 37.1 Å². The van der Waals surface area contributed by atoms with Gasteiger partial charge in [-0.05, 0) is 18.2 Å². The average Bonchev–Trinajstić information content (AvgIpc) is 2.16. The average molecular weight is 177 g/mol. The Morgan fingerprint density at radius 1 is 1.85 bits per heavy atom. The first-order chi connectivity index (χ1) is 6.33. The first kappa shape index (κ1) is 9.25. The Bertz CT molecular complexity index is 285. The second kappa shape index (κ2) is 4.92. The van der Waals surface area contributed by atoms with Crippen molar-refractivity contribution in [1.29, 1.82) is 0 Å². The maximum atomic E-state index is 10.9. The quantitative estimate of drug-likeness (QED) is 0.713. The van der Waals surface area contributed by atoms with E-state index in [1.54, 1.807) is 12.1 Å². The number of rotatable bonds is 3. The summed E-state index contributed by atoms with van der Waals surface area (Å²) >= 11 is 0. The Balaban J connectivity index is 2.41. The van der Waals surface area contributed by atoms with E-state index in [2.05, 4.69) is 27.7 Å². The van der Waals surface area contributed by atoms with Crippen molar-refractivity contribution in [1.82, 2.24) is 4.98 Å². The van der Waals surface area contributed by atoms with Gasteiger partial charge in [-0.25, -0.2) is 9.78 Å². The standard InChI is InChI=1S/C9H9N2O2/c1-2-7-13-9(12)11-8-5-3-4-6-10-8/h2,4-6H,1,7H2,(H,10,11,12). The third-order valence-electron chi connectivity index (χ3n) is 1.17. The summed E-state index contributed by atoms with van der Waals surface area (Å²) in [6.07, 6.45) is 2.47. The van der Waals surface area contributed by atoms with E-state index >= 15 is 0 Å². The van der Waals surface area contributed by atoms with E-state index in [1.807, 2.05) is 0 Å². The molecule has 0 aliphatic rings. The second-order valence-corrected chi connectivity index (χ2v) is 2.15. The number of pyridine rings is 1. The molecule has 1 radical (unpaired) electrons. The van der Waals surface area contributed by atoms with E-state index < -0.39 is 6.09 Å².